The lowest BCUT2D eigenvalue weighted by Crippen LogP contribution is -2.10. The second-order valence-electron chi connectivity index (χ2n) is 2.19. The van der Waals surface area contributed by atoms with Gasteiger partial charge < -0.3 is 11.1 Å². The lowest BCUT2D eigenvalue weighted by Gasteiger charge is -1.99. The van der Waals surface area contributed by atoms with Gasteiger partial charge in [0.2, 0.25) is 5.91 Å². The SMILES string of the molecule is CNc1ccc(C(N)=O)cc1. The third-order valence-corrected chi connectivity index (χ3v) is 1.46. The van der Waals surface area contributed by atoms with Crippen LogP contribution in [0.2, 0.25) is 0 Å². The zero-order valence-electron chi connectivity index (χ0n) is 6.29. The molecule has 0 radical (unpaired) electrons. The van der Waals surface area contributed by atoms with Crippen LogP contribution in [0, 0.1) is 0 Å². The maximum Gasteiger partial charge on any atom is 0.248 e. The largest absolute Gasteiger partial charge is 0.388 e. The van der Waals surface area contributed by atoms with Crippen molar-refractivity contribution in [3.63, 3.8) is 0 Å². The van der Waals surface area contributed by atoms with E-state index in [1.165, 1.54) is 0 Å². The standard InChI is InChI=1S/C8H10N2O/c1-10-7-4-2-6(3-5-7)8(9)11/h2-5,10H,1H3,(H2,9,11). The van der Waals surface area contributed by atoms with E-state index in [1.807, 2.05) is 7.05 Å². The Kier molecular flexibility index (Phi) is 2.11. The maximum absolute atomic E-state index is 10.6. The molecule has 0 atom stereocenters. The molecule has 0 unspecified atom stereocenters. The van der Waals surface area contributed by atoms with Gasteiger partial charge in [0, 0.05) is 18.3 Å². The first-order chi connectivity index (χ1) is 5.24. The van der Waals surface area contributed by atoms with Gasteiger partial charge in [0.15, 0.2) is 0 Å². The van der Waals surface area contributed by atoms with Gasteiger partial charge in [-0.2, -0.15) is 0 Å². The van der Waals surface area contributed by atoms with Crippen LogP contribution < -0.4 is 11.1 Å². The average molecular weight is 150 g/mol. The molecule has 3 nitrogen and oxygen atoms in total. The van der Waals surface area contributed by atoms with Crippen molar-refractivity contribution >= 4 is 11.6 Å². The molecule has 0 aliphatic rings. The summed E-state index contributed by atoms with van der Waals surface area (Å²) < 4.78 is 0. The smallest absolute Gasteiger partial charge is 0.248 e. The van der Waals surface area contributed by atoms with E-state index in [9.17, 15) is 4.79 Å². The molecular formula is C8H10N2O. The number of nitrogens with one attached hydrogen (secondary N) is 1. The van der Waals surface area contributed by atoms with Crippen LogP contribution in [-0.4, -0.2) is 13.0 Å². The van der Waals surface area contributed by atoms with Crippen LogP contribution in [0.15, 0.2) is 24.3 Å². The molecule has 1 aromatic rings. The van der Waals surface area contributed by atoms with E-state index in [0.717, 1.165) is 5.69 Å². The number of amides is 1. The predicted molar refractivity (Wildman–Crippen MR) is 44.5 cm³/mol. The molecule has 1 aromatic carbocycles. The number of nitrogens with two attached hydrogens (primary N) is 1. The summed E-state index contributed by atoms with van der Waals surface area (Å²) in [6, 6.07) is 6.99. The molecule has 3 N–H and O–H groups in total. The van der Waals surface area contributed by atoms with Gasteiger partial charge in [-0.25, -0.2) is 0 Å². The summed E-state index contributed by atoms with van der Waals surface area (Å²) in [5, 5.41) is 2.94. The molecule has 0 aromatic heterocycles. The number of anilines is 1. The summed E-state index contributed by atoms with van der Waals surface area (Å²) >= 11 is 0. The van der Waals surface area contributed by atoms with Gasteiger partial charge in [-0.1, -0.05) is 0 Å². The van der Waals surface area contributed by atoms with Crippen LogP contribution in [0.25, 0.3) is 0 Å². The Bertz CT molecular complexity index is 253. The zero-order valence-corrected chi connectivity index (χ0v) is 6.29. The highest BCUT2D eigenvalue weighted by atomic mass is 16.1. The second kappa shape index (κ2) is 3.05. The number of hydrogen-bond donors (Lipinski definition) is 2. The minimum atomic E-state index is -0.396. The van der Waals surface area contributed by atoms with Gasteiger partial charge in [-0.15, -0.1) is 0 Å². The van der Waals surface area contributed by atoms with Gasteiger partial charge in [0.25, 0.3) is 0 Å². The Morgan fingerprint density at radius 1 is 1.36 bits per heavy atom. The van der Waals surface area contributed by atoms with Gasteiger partial charge in [-0.3, -0.25) is 4.79 Å². The first-order valence-corrected chi connectivity index (χ1v) is 3.31. The summed E-state index contributed by atoms with van der Waals surface area (Å²) in [4.78, 5) is 10.6. The number of benzene rings is 1. The minimum Gasteiger partial charge on any atom is -0.388 e. The first-order valence-electron chi connectivity index (χ1n) is 3.31. The number of carbonyl (C=O) groups is 1. The van der Waals surface area contributed by atoms with Crippen LogP contribution >= 0.6 is 0 Å². The quantitative estimate of drug-likeness (QED) is 0.656. The van der Waals surface area contributed by atoms with Crippen molar-refractivity contribution in [1.82, 2.24) is 0 Å². The van der Waals surface area contributed by atoms with Gasteiger partial charge >= 0.3 is 0 Å². The molecular weight excluding hydrogens is 140 g/mol. The van der Waals surface area contributed by atoms with Crippen molar-refractivity contribution in [3.8, 4) is 0 Å². The van der Waals surface area contributed by atoms with Crippen LogP contribution in [0.4, 0.5) is 5.69 Å². The maximum atomic E-state index is 10.6. The highest BCUT2D eigenvalue weighted by Crippen LogP contribution is 2.07. The normalized spacial score (nSPS) is 9.18. The van der Waals surface area contributed by atoms with Crippen molar-refractivity contribution < 1.29 is 4.79 Å². The molecule has 0 fully saturated rings. The highest BCUT2D eigenvalue weighted by molar-refractivity contribution is 5.93. The van der Waals surface area contributed by atoms with Crippen molar-refractivity contribution in [2.45, 2.75) is 0 Å². The monoisotopic (exact) mass is 150 g/mol. The van der Waals surface area contributed by atoms with E-state index in [2.05, 4.69) is 5.32 Å². The number of hydrogen-bond acceptors (Lipinski definition) is 2. The van der Waals surface area contributed by atoms with E-state index < -0.39 is 5.91 Å². The second-order valence-corrected chi connectivity index (χ2v) is 2.19. The molecule has 0 aliphatic carbocycles. The lowest BCUT2D eigenvalue weighted by molar-refractivity contribution is 0.100. The van der Waals surface area contributed by atoms with Crippen LogP contribution in [0.5, 0.6) is 0 Å². The summed E-state index contributed by atoms with van der Waals surface area (Å²) in [6.07, 6.45) is 0. The number of carbonyl (C=O) groups excluding carboxylic acids is 1. The van der Waals surface area contributed by atoms with Crippen molar-refractivity contribution in [3.05, 3.63) is 29.8 Å². The summed E-state index contributed by atoms with van der Waals surface area (Å²) in [6.45, 7) is 0. The molecule has 0 bridgehead atoms. The third-order valence-electron chi connectivity index (χ3n) is 1.46. The molecule has 1 amide bonds. The Morgan fingerprint density at radius 3 is 2.27 bits per heavy atom. The number of rotatable bonds is 2. The van der Waals surface area contributed by atoms with E-state index in [1.54, 1.807) is 24.3 Å². The highest BCUT2D eigenvalue weighted by Gasteiger charge is 1.97. The molecule has 1 rings (SSSR count). The number of primary amides is 1. The predicted octanol–water partition coefficient (Wildman–Crippen LogP) is 0.827. The first kappa shape index (κ1) is 7.60. The van der Waals surface area contributed by atoms with E-state index in [0.29, 0.717) is 5.56 Å². The van der Waals surface area contributed by atoms with Crippen LogP contribution in [0.3, 0.4) is 0 Å². The molecule has 11 heavy (non-hydrogen) atoms. The third kappa shape index (κ3) is 1.70. The molecule has 0 spiro atoms. The lowest BCUT2D eigenvalue weighted by atomic mass is 10.2. The van der Waals surface area contributed by atoms with Gasteiger partial charge in [-0.05, 0) is 24.3 Å². The van der Waals surface area contributed by atoms with Crippen molar-refractivity contribution in [2.24, 2.45) is 5.73 Å². The van der Waals surface area contributed by atoms with E-state index in [-0.39, 0.29) is 0 Å². The topological polar surface area (TPSA) is 55.1 Å². The Balaban J connectivity index is 2.91. The van der Waals surface area contributed by atoms with E-state index >= 15 is 0 Å². The van der Waals surface area contributed by atoms with Crippen molar-refractivity contribution in [2.75, 3.05) is 12.4 Å². The van der Waals surface area contributed by atoms with Crippen LogP contribution in [-0.2, 0) is 0 Å². The summed E-state index contributed by atoms with van der Waals surface area (Å²) in [7, 11) is 1.82. The zero-order chi connectivity index (χ0) is 8.27. The van der Waals surface area contributed by atoms with Gasteiger partial charge in [0.05, 0.1) is 0 Å². The molecule has 0 aliphatic heterocycles. The molecule has 0 heterocycles. The summed E-state index contributed by atoms with van der Waals surface area (Å²) in [5.41, 5.74) is 6.55. The minimum absolute atomic E-state index is 0.396. The molecule has 3 heteroatoms. The average Bonchev–Trinajstić information content (AvgIpc) is 2.05. The molecule has 0 saturated heterocycles. The Morgan fingerprint density at radius 2 is 1.91 bits per heavy atom. The van der Waals surface area contributed by atoms with Gasteiger partial charge in [0.1, 0.15) is 0 Å². The molecule has 0 saturated carbocycles. The van der Waals surface area contributed by atoms with E-state index in [4.69, 9.17) is 5.73 Å². The van der Waals surface area contributed by atoms with Crippen LogP contribution in [0.1, 0.15) is 10.4 Å². The van der Waals surface area contributed by atoms with Crippen molar-refractivity contribution in [1.29, 1.82) is 0 Å². The fourth-order valence-electron chi connectivity index (χ4n) is 0.801. The Hall–Kier alpha value is -1.51. The fourth-order valence-corrected chi connectivity index (χ4v) is 0.801. The summed E-state index contributed by atoms with van der Waals surface area (Å²) in [5.74, 6) is -0.396. The fraction of sp³-hybridized carbons (Fsp3) is 0.125. The Labute approximate surface area is 65.2 Å². The molecule has 58 valence electrons.